The van der Waals surface area contributed by atoms with Crippen molar-refractivity contribution in [3.63, 3.8) is 0 Å². The number of nitrogens with zero attached hydrogens (tertiary/aromatic N) is 4. The van der Waals surface area contributed by atoms with Crippen molar-refractivity contribution in [3.05, 3.63) is 36.0 Å². The van der Waals surface area contributed by atoms with E-state index in [1.165, 1.54) is 19.3 Å². The van der Waals surface area contributed by atoms with Crippen LogP contribution in [0.5, 0.6) is 0 Å². The molecule has 0 radical (unpaired) electrons. The maximum atomic E-state index is 12.6. The van der Waals surface area contributed by atoms with E-state index in [9.17, 15) is 4.79 Å². The summed E-state index contributed by atoms with van der Waals surface area (Å²) in [5.74, 6) is 2.00. The summed E-state index contributed by atoms with van der Waals surface area (Å²) >= 11 is 0. The predicted octanol–water partition coefficient (Wildman–Crippen LogP) is 4.84. The minimum Gasteiger partial charge on any atom is -0.339 e. The second-order valence-electron chi connectivity index (χ2n) is 7.84. The van der Waals surface area contributed by atoms with E-state index in [0.717, 1.165) is 42.5 Å². The molecule has 4 rings (SSSR count). The molecule has 1 fully saturated rings. The third-order valence-corrected chi connectivity index (χ3v) is 5.57. The number of anilines is 1. The molecule has 154 valence electrons. The fourth-order valence-corrected chi connectivity index (χ4v) is 4.15. The van der Waals surface area contributed by atoms with E-state index >= 15 is 0 Å². The fraction of sp³-hybridized carbons (Fsp3) is 0.545. The van der Waals surface area contributed by atoms with Crippen LogP contribution in [0.4, 0.5) is 5.95 Å². The first-order chi connectivity index (χ1) is 14.2. The highest BCUT2D eigenvalue weighted by Gasteiger charge is 2.22. The number of nitrogens with one attached hydrogen (secondary N) is 1. The molecule has 0 spiro atoms. The molecule has 1 amide bonds. The molecule has 7 heteroatoms. The first kappa shape index (κ1) is 19.6. The summed E-state index contributed by atoms with van der Waals surface area (Å²) in [4.78, 5) is 21.7. The number of rotatable bonds is 8. The zero-order valence-corrected chi connectivity index (χ0v) is 17.1. The van der Waals surface area contributed by atoms with Crippen LogP contribution in [0.1, 0.15) is 76.0 Å². The molecule has 0 saturated heterocycles. The Balaban J connectivity index is 1.40. The summed E-state index contributed by atoms with van der Waals surface area (Å²) in [6.07, 6.45) is 9.53. The molecule has 2 heterocycles. The van der Waals surface area contributed by atoms with Crippen molar-refractivity contribution in [3.8, 4) is 0 Å². The quantitative estimate of drug-likeness (QED) is 0.590. The third-order valence-electron chi connectivity index (χ3n) is 5.57. The van der Waals surface area contributed by atoms with Gasteiger partial charge in [0.05, 0.1) is 11.0 Å². The Hall–Kier alpha value is -2.70. The first-order valence-electron chi connectivity index (χ1n) is 10.8. The Morgan fingerprint density at radius 1 is 1.17 bits per heavy atom. The van der Waals surface area contributed by atoms with Gasteiger partial charge in [-0.15, -0.1) is 0 Å². The minimum atomic E-state index is -0.0225. The van der Waals surface area contributed by atoms with Crippen LogP contribution in [-0.2, 0) is 17.6 Å². The third kappa shape index (κ3) is 4.66. The molecule has 1 N–H and O–H groups in total. The Kier molecular flexibility index (Phi) is 6.22. The Bertz CT molecular complexity index is 955. The van der Waals surface area contributed by atoms with Crippen LogP contribution in [0.25, 0.3) is 11.0 Å². The maximum Gasteiger partial charge on any atom is 0.226 e. The lowest BCUT2D eigenvalue weighted by molar-refractivity contribution is -0.116. The molecular weight excluding hydrogens is 366 g/mol. The summed E-state index contributed by atoms with van der Waals surface area (Å²) in [6, 6.07) is 8.53. The van der Waals surface area contributed by atoms with Crippen LogP contribution < -0.4 is 5.32 Å². The molecular formula is C22H29N5O2. The van der Waals surface area contributed by atoms with Crippen LogP contribution >= 0.6 is 0 Å². The van der Waals surface area contributed by atoms with Gasteiger partial charge in [-0.05, 0) is 37.8 Å². The summed E-state index contributed by atoms with van der Waals surface area (Å²) in [7, 11) is 0. The first-order valence-corrected chi connectivity index (χ1v) is 10.8. The highest BCUT2D eigenvalue weighted by atomic mass is 16.5. The van der Waals surface area contributed by atoms with Crippen LogP contribution in [-0.4, -0.2) is 25.6 Å². The van der Waals surface area contributed by atoms with E-state index in [1.807, 2.05) is 18.2 Å². The summed E-state index contributed by atoms with van der Waals surface area (Å²) in [6.45, 7) is 2.08. The van der Waals surface area contributed by atoms with Crippen molar-refractivity contribution in [2.24, 2.45) is 0 Å². The standard InChI is InChI=1S/C22H29N5O2/c1-2-9-19-24-21(29-26-19)15-8-14-20(28)25-22-23-17-12-6-7-13-18(17)27(22)16-10-4-3-5-11-16/h6-7,12-13,16H,2-5,8-11,14-15H2,1H3,(H,23,25,28). The number of imidazole rings is 1. The van der Waals surface area contributed by atoms with E-state index in [-0.39, 0.29) is 5.91 Å². The summed E-state index contributed by atoms with van der Waals surface area (Å²) < 4.78 is 7.48. The molecule has 0 unspecified atom stereocenters. The fourth-order valence-electron chi connectivity index (χ4n) is 4.15. The van der Waals surface area contributed by atoms with Gasteiger partial charge >= 0.3 is 0 Å². The number of fused-ring (bicyclic) bond motifs is 1. The van der Waals surface area contributed by atoms with Crippen LogP contribution in [0, 0.1) is 0 Å². The predicted molar refractivity (Wildman–Crippen MR) is 112 cm³/mol. The highest BCUT2D eigenvalue weighted by molar-refractivity contribution is 5.91. The van der Waals surface area contributed by atoms with Crippen molar-refractivity contribution < 1.29 is 9.32 Å². The van der Waals surface area contributed by atoms with Crippen molar-refractivity contribution in [2.75, 3.05) is 5.32 Å². The molecule has 2 aromatic heterocycles. The van der Waals surface area contributed by atoms with Crippen molar-refractivity contribution >= 4 is 22.9 Å². The lowest BCUT2D eigenvalue weighted by Crippen LogP contribution is -2.19. The number of benzene rings is 1. The number of carbonyl (C=O) groups is 1. The van der Waals surface area contributed by atoms with Gasteiger partial charge in [0.15, 0.2) is 5.82 Å². The van der Waals surface area contributed by atoms with E-state index in [2.05, 4.69) is 33.0 Å². The monoisotopic (exact) mass is 395 g/mol. The van der Waals surface area contributed by atoms with E-state index in [4.69, 9.17) is 9.51 Å². The SMILES string of the molecule is CCCc1noc(CCCC(=O)Nc2nc3ccccc3n2C2CCCCC2)n1. The number of aryl methyl sites for hydroxylation is 2. The zero-order chi connectivity index (χ0) is 20.1. The van der Waals surface area contributed by atoms with Gasteiger partial charge < -0.3 is 9.09 Å². The number of aromatic nitrogens is 4. The van der Waals surface area contributed by atoms with E-state index in [0.29, 0.717) is 37.1 Å². The lowest BCUT2D eigenvalue weighted by atomic mass is 9.95. The Morgan fingerprint density at radius 2 is 2.00 bits per heavy atom. The van der Waals surface area contributed by atoms with Crippen molar-refractivity contribution in [2.45, 2.75) is 77.2 Å². The Labute approximate surface area is 170 Å². The van der Waals surface area contributed by atoms with Gasteiger partial charge in [-0.25, -0.2) is 4.98 Å². The van der Waals surface area contributed by atoms with Gasteiger partial charge in [-0.2, -0.15) is 4.98 Å². The Morgan fingerprint density at radius 3 is 2.83 bits per heavy atom. The normalized spacial score (nSPS) is 15.1. The average Bonchev–Trinajstić information content (AvgIpc) is 3.33. The second kappa shape index (κ2) is 9.20. The molecule has 3 aromatic rings. The smallest absolute Gasteiger partial charge is 0.226 e. The van der Waals surface area contributed by atoms with E-state index in [1.54, 1.807) is 0 Å². The van der Waals surface area contributed by atoms with Crippen molar-refractivity contribution in [1.82, 2.24) is 19.7 Å². The molecule has 1 aromatic carbocycles. The van der Waals surface area contributed by atoms with Gasteiger partial charge in [0.25, 0.3) is 0 Å². The second-order valence-corrected chi connectivity index (χ2v) is 7.84. The summed E-state index contributed by atoms with van der Waals surface area (Å²) in [5, 5.41) is 7.01. The van der Waals surface area contributed by atoms with E-state index < -0.39 is 0 Å². The molecule has 1 aliphatic carbocycles. The van der Waals surface area contributed by atoms with Crippen LogP contribution in [0.15, 0.2) is 28.8 Å². The number of carbonyl (C=O) groups excluding carboxylic acids is 1. The molecule has 7 nitrogen and oxygen atoms in total. The van der Waals surface area contributed by atoms with Crippen molar-refractivity contribution in [1.29, 1.82) is 0 Å². The summed E-state index contributed by atoms with van der Waals surface area (Å²) in [5.41, 5.74) is 2.03. The molecule has 1 aliphatic rings. The number of para-hydroxylation sites is 2. The largest absolute Gasteiger partial charge is 0.339 e. The zero-order valence-electron chi connectivity index (χ0n) is 17.1. The number of amides is 1. The molecule has 0 aliphatic heterocycles. The minimum absolute atomic E-state index is 0.0225. The highest BCUT2D eigenvalue weighted by Crippen LogP contribution is 2.34. The molecule has 1 saturated carbocycles. The number of hydrogen-bond donors (Lipinski definition) is 1. The van der Waals surface area contributed by atoms with Crippen LogP contribution in [0.2, 0.25) is 0 Å². The molecule has 0 bridgehead atoms. The molecule has 29 heavy (non-hydrogen) atoms. The van der Waals surface area contributed by atoms with Crippen LogP contribution in [0.3, 0.4) is 0 Å². The van der Waals surface area contributed by atoms with Gasteiger partial charge in [0, 0.05) is 25.3 Å². The van der Waals surface area contributed by atoms with Gasteiger partial charge in [-0.3, -0.25) is 10.1 Å². The van der Waals surface area contributed by atoms with Gasteiger partial charge in [-0.1, -0.05) is 43.5 Å². The maximum absolute atomic E-state index is 12.6. The topological polar surface area (TPSA) is 85.8 Å². The van der Waals surface area contributed by atoms with Gasteiger partial charge in [0.1, 0.15) is 0 Å². The van der Waals surface area contributed by atoms with Gasteiger partial charge in [0.2, 0.25) is 17.7 Å². The lowest BCUT2D eigenvalue weighted by Gasteiger charge is -2.25. The average molecular weight is 396 g/mol. The number of hydrogen-bond acceptors (Lipinski definition) is 5. The molecule has 0 atom stereocenters.